The highest BCUT2D eigenvalue weighted by molar-refractivity contribution is 9.10. The van der Waals surface area contributed by atoms with Crippen LogP contribution in [0.4, 0.5) is 0 Å². The Bertz CT molecular complexity index is 1160. The van der Waals surface area contributed by atoms with Gasteiger partial charge in [0, 0.05) is 22.1 Å². The molecule has 3 aromatic carbocycles. The van der Waals surface area contributed by atoms with Crippen molar-refractivity contribution in [3.05, 3.63) is 64.6 Å². The molecule has 0 aliphatic rings. The Morgan fingerprint density at radius 2 is 1.81 bits per heavy atom. The van der Waals surface area contributed by atoms with Crippen molar-refractivity contribution in [2.45, 2.75) is 20.3 Å². The lowest BCUT2D eigenvalue weighted by Gasteiger charge is -2.17. The van der Waals surface area contributed by atoms with Gasteiger partial charge in [0.25, 0.3) is 5.91 Å². The maximum atomic E-state index is 12.5. The predicted molar refractivity (Wildman–Crippen MR) is 131 cm³/mol. The van der Waals surface area contributed by atoms with Crippen LogP contribution in [0.3, 0.4) is 0 Å². The van der Waals surface area contributed by atoms with Crippen LogP contribution >= 0.6 is 15.9 Å². The summed E-state index contributed by atoms with van der Waals surface area (Å²) in [6, 6.07) is 18.1. The van der Waals surface area contributed by atoms with Gasteiger partial charge in [-0.25, -0.2) is 4.98 Å². The van der Waals surface area contributed by atoms with E-state index in [0.717, 1.165) is 52.9 Å². The number of hydrogen-bond acceptors (Lipinski definition) is 3. The molecule has 0 saturated carbocycles. The normalized spacial score (nSPS) is 11.5. The summed E-state index contributed by atoms with van der Waals surface area (Å²) in [6.45, 7) is 8.06. The van der Waals surface area contributed by atoms with Gasteiger partial charge >= 0.3 is 0 Å². The first-order valence-electron chi connectivity index (χ1n) is 10.8. The van der Waals surface area contributed by atoms with Crippen LogP contribution in [0.15, 0.2) is 59.1 Å². The molecule has 1 aromatic heterocycles. The summed E-state index contributed by atoms with van der Waals surface area (Å²) in [5.41, 5.74) is 3.49. The van der Waals surface area contributed by atoms with Crippen molar-refractivity contribution in [1.29, 1.82) is 0 Å². The van der Waals surface area contributed by atoms with E-state index in [-0.39, 0.29) is 5.91 Å². The summed E-state index contributed by atoms with van der Waals surface area (Å²) >= 11 is 3.63. The Hall–Kier alpha value is -2.70. The fraction of sp³-hybridized carbons (Fsp3) is 0.280. The lowest BCUT2D eigenvalue weighted by atomic mass is 10.1. The van der Waals surface area contributed by atoms with Crippen molar-refractivity contribution in [3.63, 3.8) is 0 Å². The molecule has 0 atom stereocenters. The van der Waals surface area contributed by atoms with Gasteiger partial charge in [-0.1, -0.05) is 54.0 Å². The number of aromatic nitrogens is 2. The van der Waals surface area contributed by atoms with Crippen LogP contribution < -0.4 is 5.32 Å². The summed E-state index contributed by atoms with van der Waals surface area (Å²) in [7, 11) is 0. The molecule has 0 radical (unpaired) electrons. The van der Waals surface area contributed by atoms with Crippen LogP contribution in [0.1, 0.15) is 30.6 Å². The zero-order valence-corrected chi connectivity index (χ0v) is 19.5. The molecule has 0 fully saturated rings. The van der Waals surface area contributed by atoms with Gasteiger partial charge in [0.2, 0.25) is 0 Å². The minimum Gasteiger partial charge on any atom is -0.352 e. The van der Waals surface area contributed by atoms with Crippen LogP contribution in [0, 0.1) is 0 Å². The molecule has 160 valence electrons. The highest BCUT2D eigenvalue weighted by atomic mass is 79.9. The molecule has 1 amide bonds. The van der Waals surface area contributed by atoms with Gasteiger partial charge in [-0.2, -0.15) is 0 Å². The second-order valence-electron chi connectivity index (χ2n) is 7.63. The fourth-order valence-electron chi connectivity index (χ4n) is 3.82. The topological polar surface area (TPSA) is 61.0 Å². The van der Waals surface area contributed by atoms with Crippen LogP contribution in [0.25, 0.3) is 33.2 Å². The first kappa shape index (κ1) is 21.5. The van der Waals surface area contributed by atoms with Crippen molar-refractivity contribution in [3.8, 4) is 11.4 Å². The fourth-order valence-corrected chi connectivity index (χ4v) is 4.39. The predicted octanol–water partition coefficient (Wildman–Crippen LogP) is 5.61. The number of benzene rings is 3. The largest absolute Gasteiger partial charge is 0.352 e. The summed E-state index contributed by atoms with van der Waals surface area (Å²) in [5.74, 6) is 0.728. The molecule has 31 heavy (non-hydrogen) atoms. The molecular formula is C25H27BrN4O. The molecule has 0 saturated heterocycles. The summed E-state index contributed by atoms with van der Waals surface area (Å²) in [4.78, 5) is 23.1. The number of carbonyl (C=O) groups excluding carboxylic acids is 1. The van der Waals surface area contributed by atoms with Crippen molar-refractivity contribution in [2.75, 3.05) is 26.2 Å². The number of H-pyrrole nitrogens is 1. The van der Waals surface area contributed by atoms with E-state index in [1.807, 2.05) is 30.3 Å². The standard InChI is InChI=1S/C25H27BrN4O/c1-3-30(4-2)13-7-12-27-25(31)19-10-11-20(21(26)14-19)24-28-22-15-17-8-5-6-9-18(17)16-23(22)29-24/h5-6,8-11,14-16H,3-4,7,12-13H2,1-2H3,(H,27,31)(H,28,29). The van der Waals surface area contributed by atoms with Crippen molar-refractivity contribution >= 4 is 43.6 Å². The van der Waals surface area contributed by atoms with E-state index in [2.05, 4.69) is 69.2 Å². The maximum absolute atomic E-state index is 12.5. The molecule has 4 rings (SSSR count). The van der Waals surface area contributed by atoms with E-state index < -0.39 is 0 Å². The summed E-state index contributed by atoms with van der Waals surface area (Å²) in [5, 5.41) is 5.36. The first-order chi connectivity index (χ1) is 15.1. The molecular weight excluding hydrogens is 452 g/mol. The number of halogens is 1. The quantitative estimate of drug-likeness (QED) is 0.323. The first-order valence-corrected chi connectivity index (χ1v) is 11.6. The van der Waals surface area contributed by atoms with Crippen LogP contribution in [0.2, 0.25) is 0 Å². The lowest BCUT2D eigenvalue weighted by Crippen LogP contribution is -2.29. The average molecular weight is 479 g/mol. The number of nitrogens with one attached hydrogen (secondary N) is 2. The van der Waals surface area contributed by atoms with Crippen molar-refractivity contribution in [2.24, 2.45) is 0 Å². The average Bonchev–Trinajstić information content (AvgIpc) is 3.19. The highest BCUT2D eigenvalue weighted by Gasteiger charge is 2.13. The number of rotatable bonds is 8. The van der Waals surface area contributed by atoms with E-state index in [1.165, 1.54) is 10.8 Å². The minimum atomic E-state index is -0.0531. The Balaban J connectivity index is 1.48. The molecule has 1 heterocycles. The number of nitrogens with zero attached hydrogens (tertiary/aromatic N) is 2. The summed E-state index contributed by atoms with van der Waals surface area (Å²) in [6.07, 6.45) is 0.944. The van der Waals surface area contributed by atoms with E-state index in [1.54, 1.807) is 0 Å². The Morgan fingerprint density at radius 1 is 1.06 bits per heavy atom. The van der Waals surface area contributed by atoms with Crippen LogP contribution in [0.5, 0.6) is 0 Å². The highest BCUT2D eigenvalue weighted by Crippen LogP contribution is 2.30. The van der Waals surface area contributed by atoms with Crippen LogP contribution in [-0.2, 0) is 0 Å². The SMILES string of the molecule is CCN(CC)CCCNC(=O)c1ccc(-c2nc3cc4ccccc4cc3[nH]2)c(Br)c1. The number of fused-ring (bicyclic) bond motifs is 2. The third kappa shape index (κ3) is 4.81. The Labute approximate surface area is 191 Å². The van der Waals surface area contributed by atoms with Gasteiger partial charge in [-0.15, -0.1) is 0 Å². The molecule has 0 spiro atoms. The van der Waals surface area contributed by atoms with E-state index in [9.17, 15) is 4.79 Å². The number of carbonyl (C=O) groups is 1. The Morgan fingerprint density at radius 3 is 2.52 bits per heavy atom. The number of amides is 1. The molecule has 0 aliphatic carbocycles. The third-order valence-corrected chi connectivity index (χ3v) is 6.32. The van der Waals surface area contributed by atoms with Gasteiger partial charge < -0.3 is 15.2 Å². The second-order valence-corrected chi connectivity index (χ2v) is 8.49. The molecule has 6 heteroatoms. The number of imidazole rings is 1. The van der Waals surface area contributed by atoms with Gasteiger partial charge in [0.1, 0.15) is 5.82 Å². The molecule has 5 nitrogen and oxygen atoms in total. The third-order valence-electron chi connectivity index (χ3n) is 5.67. The van der Waals surface area contributed by atoms with Crippen LogP contribution in [-0.4, -0.2) is 47.0 Å². The zero-order chi connectivity index (χ0) is 21.8. The number of hydrogen-bond donors (Lipinski definition) is 2. The number of aromatic amines is 1. The minimum absolute atomic E-state index is 0.0531. The van der Waals surface area contributed by atoms with Crippen molar-refractivity contribution < 1.29 is 4.79 Å². The monoisotopic (exact) mass is 478 g/mol. The van der Waals surface area contributed by atoms with Gasteiger partial charge in [-0.05, 0) is 67.2 Å². The maximum Gasteiger partial charge on any atom is 0.251 e. The van der Waals surface area contributed by atoms with E-state index in [4.69, 9.17) is 4.98 Å². The van der Waals surface area contributed by atoms with Crippen molar-refractivity contribution in [1.82, 2.24) is 20.2 Å². The molecule has 0 aliphatic heterocycles. The Kier molecular flexibility index (Phi) is 6.68. The van der Waals surface area contributed by atoms with Gasteiger partial charge in [0.15, 0.2) is 0 Å². The lowest BCUT2D eigenvalue weighted by molar-refractivity contribution is 0.0952. The molecule has 0 unspecified atom stereocenters. The summed E-state index contributed by atoms with van der Waals surface area (Å²) < 4.78 is 0.840. The second kappa shape index (κ2) is 9.62. The van der Waals surface area contributed by atoms with Gasteiger partial charge in [-0.3, -0.25) is 4.79 Å². The molecule has 2 N–H and O–H groups in total. The molecule has 0 bridgehead atoms. The smallest absolute Gasteiger partial charge is 0.251 e. The zero-order valence-electron chi connectivity index (χ0n) is 17.9. The van der Waals surface area contributed by atoms with E-state index in [0.29, 0.717) is 12.1 Å². The van der Waals surface area contributed by atoms with Gasteiger partial charge in [0.05, 0.1) is 11.0 Å². The van der Waals surface area contributed by atoms with E-state index >= 15 is 0 Å². The molecule has 4 aromatic rings.